The molecule has 2 aliphatic rings. The van der Waals surface area contributed by atoms with Crippen molar-refractivity contribution in [3.05, 3.63) is 62.3 Å². The third kappa shape index (κ3) is 3.91. The number of benzene rings is 2. The topological polar surface area (TPSA) is 59.4 Å². The molecule has 1 amide bonds. The van der Waals surface area contributed by atoms with Gasteiger partial charge in [0.1, 0.15) is 11.4 Å². The van der Waals surface area contributed by atoms with Gasteiger partial charge in [-0.25, -0.2) is 9.69 Å². The molecule has 0 bridgehead atoms. The number of nitrogens with one attached hydrogen (secondary N) is 1. The van der Waals surface area contributed by atoms with E-state index in [9.17, 15) is 4.79 Å². The standard InChI is InChI=1S/C24H24ClIN4O2/c1-24(2)20-21(23(31)28-29-12-4-3-5-13-29)27-30(17-9-6-15(25)7-10-17)22(20)18-11-8-16(26)14-19(18)32-24/h6-11,14H,3-5,12-13H2,1-2H3,(H,28,31). The van der Waals surface area contributed by atoms with Crippen LogP contribution in [0, 0.1) is 3.57 Å². The summed E-state index contributed by atoms with van der Waals surface area (Å²) in [5.74, 6) is 0.578. The second-order valence-electron chi connectivity index (χ2n) is 8.70. The van der Waals surface area contributed by atoms with E-state index in [1.807, 2.05) is 66.0 Å². The molecule has 2 aliphatic heterocycles. The van der Waals surface area contributed by atoms with Crippen molar-refractivity contribution in [2.75, 3.05) is 13.1 Å². The van der Waals surface area contributed by atoms with E-state index in [-0.39, 0.29) is 5.91 Å². The normalized spacial score (nSPS) is 17.2. The van der Waals surface area contributed by atoms with Crippen LogP contribution in [0.2, 0.25) is 5.02 Å². The first-order chi connectivity index (χ1) is 15.3. The Bertz CT molecular complexity index is 1180. The van der Waals surface area contributed by atoms with E-state index in [0.29, 0.717) is 10.7 Å². The van der Waals surface area contributed by atoms with Crippen LogP contribution in [-0.4, -0.2) is 33.8 Å². The highest BCUT2D eigenvalue weighted by molar-refractivity contribution is 14.1. The maximum atomic E-state index is 13.4. The summed E-state index contributed by atoms with van der Waals surface area (Å²) in [5, 5.41) is 7.47. The van der Waals surface area contributed by atoms with E-state index in [4.69, 9.17) is 21.4 Å². The van der Waals surface area contributed by atoms with Gasteiger partial charge >= 0.3 is 0 Å². The Labute approximate surface area is 206 Å². The Morgan fingerprint density at radius 3 is 2.56 bits per heavy atom. The van der Waals surface area contributed by atoms with Crippen molar-refractivity contribution in [3.8, 4) is 22.7 Å². The lowest BCUT2D eigenvalue weighted by atomic mass is 9.89. The molecule has 0 atom stereocenters. The van der Waals surface area contributed by atoms with Crippen molar-refractivity contribution >= 4 is 40.1 Å². The van der Waals surface area contributed by atoms with Gasteiger partial charge < -0.3 is 4.74 Å². The number of hydrazine groups is 1. The fourth-order valence-corrected chi connectivity index (χ4v) is 5.06. The number of carbonyl (C=O) groups is 1. The molecule has 1 N–H and O–H groups in total. The zero-order chi connectivity index (χ0) is 22.5. The summed E-state index contributed by atoms with van der Waals surface area (Å²) in [6.07, 6.45) is 3.36. The summed E-state index contributed by atoms with van der Waals surface area (Å²) < 4.78 is 9.33. The molecule has 3 aromatic rings. The van der Waals surface area contributed by atoms with Gasteiger partial charge in [-0.05, 0) is 91.7 Å². The van der Waals surface area contributed by atoms with Gasteiger partial charge in [0, 0.05) is 27.2 Å². The van der Waals surface area contributed by atoms with E-state index >= 15 is 0 Å². The van der Waals surface area contributed by atoms with Crippen molar-refractivity contribution in [2.24, 2.45) is 0 Å². The number of aromatic nitrogens is 2. The lowest BCUT2D eigenvalue weighted by Crippen LogP contribution is -2.46. The minimum Gasteiger partial charge on any atom is -0.482 e. The SMILES string of the molecule is CC1(C)Oc2cc(I)ccc2-c2c1c(C(=O)NN1CCCCC1)nn2-c1ccc(Cl)cc1. The van der Waals surface area contributed by atoms with Crippen LogP contribution in [0.4, 0.5) is 0 Å². The molecule has 32 heavy (non-hydrogen) atoms. The number of rotatable bonds is 3. The Kier molecular flexibility index (Phi) is 5.67. The van der Waals surface area contributed by atoms with Crippen LogP contribution in [0.3, 0.4) is 0 Å². The fraction of sp³-hybridized carbons (Fsp3) is 0.333. The number of nitrogens with zero attached hydrogens (tertiary/aromatic N) is 3. The zero-order valence-corrected chi connectivity index (χ0v) is 20.9. The van der Waals surface area contributed by atoms with Crippen LogP contribution in [0.25, 0.3) is 16.9 Å². The molecule has 5 rings (SSSR count). The maximum absolute atomic E-state index is 13.4. The number of amides is 1. The molecule has 1 saturated heterocycles. The van der Waals surface area contributed by atoms with E-state index in [1.165, 1.54) is 6.42 Å². The molecule has 0 aliphatic carbocycles. The van der Waals surface area contributed by atoms with Crippen LogP contribution >= 0.6 is 34.2 Å². The van der Waals surface area contributed by atoms with Crippen LogP contribution in [0.15, 0.2) is 42.5 Å². The van der Waals surface area contributed by atoms with Crippen LogP contribution < -0.4 is 10.2 Å². The van der Waals surface area contributed by atoms with Gasteiger partial charge in [0.25, 0.3) is 5.91 Å². The first-order valence-corrected chi connectivity index (χ1v) is 12.2. The molecule has 0 unspecified atom stereocenters. The van der Waals surface area contributed by atoms with Gasteiger partial charge in [0.15, 0.2) is 5.69 Å². The Hall–Kier alpha value is -2.10. The van der Waals surface area contributed by atoms with Crippen molar-refractivity contribution in [1.82, 2.24) is 20.2 Å². The first kappa shape index (κ1) is 21.7. The molecule has 8 heteroatoms. The highest BCUT2D eigenvalue weighted by Gasteiger charge is 2.41. The van der Waals surface area contributed by atoms with Crippen molar-refractivity contribution in [2.45, 2.75) is 38.7 Å². The number of piperidine rings is 1. The van der Waals surface area contributed by atoms with Crippen molar-refractivity contribution in [1.29, 1.82) is 0 Å². The van der Waals surface area contributed by atoms with E-state index in [0.717, 1.165) is 57.8 Å². The van der Waals surface area contributed by atoms with Crippen LogP contribution in [0.5, 0.6) is 5.75 Å². The highest BCUT2D eigenvalue weighted by atomic mass is 127. The third-order valence-corrected chi connectivity index (χ3v) is 6.88. The second-order valence-corrected chi connectivity index (χ2v) is 10.4. The molecule has 1 aromatic heterocycles. The molecule has 1 fully saturated rings. The largest absolute Gasteiger partial charge is 0.482 e. The molecule has 0 radical (unpaired) electrons. The van der Waals surface area contributed by atoms with Gasteiger partial charge in [0.2, 0.25) is 0 Å². The summed E-state index contributed by atoms with van der Waals surface area (Å²) in [7, 11) is 0. The summed E-state index contributed by atoms with van der Waals surface area (Å²) in [4.78, 5) is 13.4. The average Bonchev–Trinajstić information content (AvgIpc) is 3.17. The quantitative estimate of drug-likeness (QED) is 0.425. The summed E-state index contributed by atoms with van der Waals surface area (Å²) in [5.41, 5.74) is 6.14. The number of halogens is 2. The summed E-state index contributed by atoms with van der Waals surface area (Å²) in [6, 6.07) is 13.6. The smallest absolute Gasteiger partial charge is 0.286 e. The minimum absolute atomic E-state index is 0.207. The summed E-state index contributed by atoms with van der Waals surface area (Å²) in [6.45, 7) is 5.68. The molecule has 6 nitrogen and oxygen atoms in total. The Morgan fingerprint density at radius 1 is 1.12 bits per heavy atom. The lowest BCUT2D eigenvalue weighted by molar-refractivity contribution is 0.0720. The number of hydrogen-bond donors (Lipinski definition) is 1. The predicted octanol–water partition coefficient (Wildman–Crippen LogP) is 5.56. The number of ether oxygens (including phenoxy) is 1. The average molecular weight is 563 g/mol. The van der Waals surface area contributed by atoms with Crippen LogP contribution in [0.1, 0.15) is 49.2 Å². The number of fused-ring (bicyclic) bond motifs is 3. The molecule has 166 valence electrons. The molecular formula is C24H24ClIN4O2. The van der Waals surface area contributed by atoms with Gasteiger partial charge in [-0.2, -0.15) is 5.10 Å². The zero-order valence-electron chi connectivity index (χ0n) is 18.0. The molecule has 3 heterocycles. The van der Waals surface area contributed by atoms with Crippen molar-refractivity contribution in [3.63, 3.8) is 0 Å². The molecule has 0 spiro atoms. The van der Waals surface area contributed by atoms with Gasteiger partial charge in [0.05, 0.1) is 16.9 Å². The molecule has 0 saturated carbocycles. The van der Waals surface area contributed by atoms with E-state index in [1.54, 1.807) is 0 Å². The highest BCUT2D eigenvalue weighted by Crippen LogP contribution is 2.47. The molecule has 2 aromatic carbocycles. The van der Waals surface area contributed by atoms with Crippen LogP contribution in [-0.2, 0) is 5.60 Å². The summed E-state index contributed by atoms with van der Waals surface area (Å²) >= 11 is 8.41. The Balaban J connectivity index is 1.69. The van der Waals surface area contributed by atoms with E-state index < -0.39 is 5.60 Å². The monoisotopic (exact) mass is 562 g/mol. The lowest BCUT2D eigenvalue weighted by Gasteiger charge is -2.34. The molecular weight excluding hydrogens is 539 g/mol. The maximum Gasteiger partial charge on any atom is 0.286 e. The number of hydrogen-bond acceptors (Lipinski definition) is 4. The van der Waals surface area contributed by atoms with Gasteiger partial charge in [-0.3, -0.25) is 10.2 Å². The third-order valence-electron chi connectivity index (χ3n) is 5.95. The minimum atomic E-state index is -0.730. The number of carbonyl (C=O) groups excluding carboxylic acids is 1. The van der Waals surface area contributed by atoms with Gasteiger partial charge in [-0.15, -0.1) is 0 Å². The Morgan fingerprint density at radius 2 is 1.84 bits per heavy atom. The predicted molar refractivity (Wildman–Crippen MR) is 133 cm³/mol. The first-order valence-electron chi connectivity index (χ1n) is 10.8. The van der Waals surface area contributed by atoms with Gasteiger partial charge in [-0.1, -0.05) is 18.0 Å². The second kappa shape index (κ2) is 8.35. The van der Waals surface area contributed by atoms with E-state index in [2.05, 4.69) is 28.0 Å². The van der Waals surface area contributed by atoms with Crippen molar-refractivity contribution < 1.29 is 9.53 Å². The fourth-order valence-electron chi connectivity index (χ4n) is 4.47.